The molecule has 0 heterocycles. The average molecular weight is 231 g/mol. The molecule has 1 aliphatic carbocycles. The number of carbonyl (C=O) groups excluding carboxylic acids is 1. The van der Waals surface area contributed by atoms with Crippen LogP contribution in [-0.2, 0) is 4.79 Å². The third kappa shape index (κ3) is 2.51. The minimum Gasteiger partial charge on any atom is -0.372 e. The number of hydrogen-bond acceptors (Lipinski definition) is 2. The highest BCUT2D eigenvalue weighted by Gasteiger charge is 2.41. The van der Waals surface area contributed by atoms with Crippen molar-refractivity contribution >= 4 is 11.5 Å². The summed E-state index contributed by atoms with van der Waals surface area (Å²) in [7, 11) is 0. The lowest BCUT2D eigenvalue weighted by Crippen LogP contribution is -2.21. The molecule has 0 spiro atoms. The normalized spacial score (nSPS) is 22.3. The van der Waals surface area contributed by atoms with Crippen LogP contribution >= 0.6 is 0 Å². The van der Waals surface area contributed by atoms with Crippen LogP contribution in [0.2, 0.25) is 0 Å². The van der Waals surface area contributed by atoms with Gasteiger partial charge in [0, 0.05) is 24.7 Å². The van der Waals surface area contributed by atoms with Gasteiger partial charge in [-0.1, -0.05) is 12.1 Å². The fourth-order valence-corrected chi connectivity index (χ4v) is 2.53. The van der Waals surface area contributed by atoms with E-state index in [-0.39, 0.29) is 5.92 Å². The van der Waals surface area contributed by atoms with Crippen molar-refractivity contribution in [3.8, 4) is 0 Å². The predicted octanol–water partition coefficient (Wildman–Crippen LogP) is 3.23. The number of hydrogen-bond donors (Lipinski definition) is 0. The molecule has 0 aliphatic heterocycles. The zero-order valence-electron chi connectivity index (χ0n) is 10.9. The Hall–Kier alpha value is -1.31. The molecule has 0 aromatic heterocycles. The summed E-state index contributed by atoms with van der Waals surface area (Å²) in [4.78, 5) is 13.6. The molecule has 92 valence electrons. The summed E-state index contributed by atoms with van der Waals surface area (Å²) in [5, 5.41) is 0. The van der Waals surface area contributed by atoms with Gasteiger partial charge in [-0.05, 0) is 50.8 Å². The van der Waals surface area contributed by atoms with E-state index in [0.29, 0.717) is 11.7 Å². The maximum absolute atomic E-state index is 11.2. The van der Waals surface area contributed by atoms with Crippen molar-refractivity contribution in [2.45, 2.75) is 33.1 Å². The molecule has 2 atom stereocenters. The molecule has 0 saturated heterocycles. The van der Waals surface area contributed by atoms with Gasteiger partial charge in [0.1, 0.15) is 5.78 Å². The van der Waals surface area contributed by atoms with Gasteiger partial charge in [0.2, 0.25) is 0 Å². The molecule has 0 radical (unpaired) electrons. The third-order valence-corrected chi connectivity index (χ3v) is 3.76. The van der Waals surface area contributed by atoms with Gasteiger partial charge in [-0.2, -0.15) is 0 Å². The minimum atomic E-state index is 0.286. The molecule has 1 aliphatic rings. The molecule has 1 aromatic carbocycles. The summed E-state index contributed by atoms with van der Waals surface area (Å²) in [6.07, 6.45) is 1.04. The van der Waals surface area contributed by atoms with Crippen LogP contribution in [-0.4, -0.2) is 18.9 Å². The van der Waals surface area contributed by atoms with Crippen LogP contribution in [0, 0.1) is 5.92 Å². The lowest BCUT2D eigenvalue weighted by Gasteiger charge is -2.21. The van der Waals surface area contributed by atoms with Crippen molar-refractivity contribution in [3.05, 3.63) is 29.8 Å². The monoisotopic (exact) mass is 231 g/mol. The smallest absolute Gasteiger partial charge is 0.133 e. The molecule has 2 nitrogen and oxygen atoms in total. The number of anilines is 1. The zero-order chi connectivity index (χ0) is 12.4. The predicted molar refractivity (Wildman–Crippen MR) is 71.5 cm³/mol. The number of benzene rings is 1. The van der Waals surface area contributed by atoms with Crippen molar-refractivity contribution in [3.63, 3.8) is 0 Å². The Bertz CT molecular complexity index is 392. The quantitative estimate of drug-likeness (QED) is 0.775. The SMILES string of the molecule is CCN(CC)c1ccc([C@@H]2C[C@H]2C(C)=O)cc1. The number of rotatable bonds is 5. The molecule has 1 fully saturated rings. The summed E-state index contributed by atoms with van der Waals surface area (Å²) in [5.74, 6) is 1.11. The van der Waals surface area contributed by atoms with Crippen LogP contribution in [0.1, 0.15) is 38.7 Å². The van der Waals surface area contributed by atoms with Crippen molar-refractivity contribution in [2.75, 3.05) is 18.0 Å². The Balaban J connectivity index is 2.06. The van der Waals surface area contributed by atoms with Gasteiger partial charge in [0.05, 0.1) is 0 Å². The highest BCUT2D eigenvalue weighted by atomic mass is 16.1. The Morgan fingerprint density at radius 3 is 2.24 bits per heavy atom. The van der Waals surface area contributed by atoms with Gasteiger partial charge < -0.3 is 4.90 Å². The number of Topliss-reactive ketones (excluding diaryl/α,β-unsaturated/α-hetero) is 1. The van der Waals surface area contributed by atoms with Gasteiger partial charge in [-0.3, -0.25) is 4.79 Å². The second-order valence-corrected chi connectivity index (χ2v) is 4.82. The molecule has 0 bridgehead atoms. The van der Waals surface area contributed by atoms with Crippen LogP contribution in [0.15, 0.2) is 24.3 Å². The van der Waals surface area contributed by atoms with Gasteiger partial charge in [0.15, 0.2) is 0 Å². The molecule has 0 amide bonds. The Labute approximate surface area is 104 Å². The van der Waals surface area contributed by atoms with E-state index < -0.39 is 0 Å². The number of nitrogens with zero attached hydrogens (tertiary/aromatic N) is 1. The molecule has 0 N–H and O–H groups in total. The first-order valence-electron chi connectivity index (χ1n) is 6.52. The Morgan fingerprint density at radius 1 is 1.24 bits per heavy atom. The van der Waals surface area contributed by atoms with E-state index in [4.69, 9.17) is 0 Å². The molecule has 2 heteroatoms. The van der Waals surface area contributed by atoms with E-state index >= 15 is 0 Å². The summed E-state index contributed by atoms with van der Waals surface area (Å²) < 4.78 is 0. The Morgan fingerprint density at radius 2 is 1.82 bits per heavy atom. The largest absolute Gasteiger partial charge is 0.372 e. The van der Waals surface area contributed by atoms with Gasteiger partial charge in [-0.25, -0.2) is 0 Å². The van der Waals surface area contributed by atoms with E-state index in [9.17, 15) is 4.79 Å². The fourth-order valence-electron chi connectivity index (χ4n) is 2.53. The summed E-state index contributed by atoms with van der Waals surface area (Å²) >= 11 is 0. The van der Waals surface area contributed by atoms with Gasteiger partial charge in [0.25, 0.3) is 0 Å². The second-order valence-electron chi connectivity index (χ2n) is 4.82. The van der Waals surface area contributed by atoms with Crippen LogP contribution in [0.3, 0.4) is 0 Å². The van der Waals surface area contributed by atoms with E-state index in [0.717, 1.165) is 19.5 Å². The van der Waals surface area contributed by atoms with E-state index in [2.05, 4.69) is 43.0 Å². The summed E-state index contributed by atoms with van der Waals surface area (Å²) in [5.41, 5.74) is 2.60. The standard InChI is InChI=1S/C15H21NO/c1-4-16(5-2)13-8-6-12(7-9-13)15-10-14(15)11(3)17/h6-9,14-15H,4-5,10H2,1-3H3/t14-,15-/m0/s1. The molecule has 0 unspecified atom stereocenters. The maximum atomic E-state index is 11.2. The van der Waals surface area contributed by atoms with Crippen LogP contribution in [0.4, 0.5) is 5.69 Å². The molecular formula is C15H21NO. The molecule has 1 aromatic rings. The summed E-state index contributed by atoms with van der Waals surface area (Å²) in [6, 6.07) is 8.72. The lowest BCUT2D eigenvalue weighted by atomic mass is 10.1. The molecular weight excluding hydrogens is 210 g/mol. The molecule has 1 saturated carbocycles. The van der Waals surface area contributed by atoms with Crippen molar-refractivity contribution in [2.24, 2.45) is 5.92 Å². The van der Waals surface area contributed by atoms with Crippen molar-refractivity contribution < 1.29 is 4.79 Å². The topological polar surface area (TPSA) is 20.3 Å². The van der Waals surface area contributed by atoms with E-state index in [1.807, 2.05) is 0 Å². The minimum absolute atomic E-state index is 0.286. The molecule has 17 heavy (non-hydrogen) atoms. The van der Waals surface area contributed by atoms with Crippen molar-refractivity contribution in [1.29, 1.82) is 0 Å². The Kier molecular flexibility index (Phi) is 3.51. The third-order valence-electron chi connectivity index (χ3n) is 3.76. The summed E-state index contributed by atoms with van der Waals surface area (Å²) in [6.45, 7) is 8.12. The fraction of sp³-hybridized carbons (Fsp3) is 0.533. The second kappa shape index (κ2) is 4.91. The highest BCUT2D eigenvalue weighted by molar-refractivity contribution is 5.82. The zero-order valence-corrected chi connectivity index (χ0v) is 10.9. The van der Waals surface area contributed by atoms with E-state index in [1.54, 1.807) is 6.92 Å². The van der Waals surface area contributed by atoms with Crippen LogP contribution in [0.5, 0.6) is 0 Å². The van der Waals surface area contributed by atoms with Crippen LogP contribution < -0.4 is 4.90 Å². The van der Waals surface area contributed by atoms with Crippen LogP contribution in [0.25, 0.3) is 0 Å². The average Bonchev–Trinajstić information content (AvgIpc) is 3.12. The first-order chi connectivity index (χ1) is 8.17. The lowest BCUT2D eigenvalue weighted by molar-refractivity contribution is -0.118. The van der Waals surface area contributed by atoms with Gasteiger partial charge in [-0.15, -0.1) is 0 Å². The first kappa shape index (κ1) is 12.2. The van der Waals surface area contributed by atoms with Gasteiger partial charge >= 0.3 is 0 Å². The first-order valence-corrected chi connectivity index (χ1v) is 6.52. The highest BCUT2D eigenvalue weighted by Crippen LogP contribution is 2.48. The molecule has 2 rings (SSSR count). The number of ketones is 1. The maximum Gasteiger partial charge on any atom is 0.133 e. The number of carbonyl (C=O) groups is 1. The van der Waals surface area contributed by atoms with Crippen molar-refractivity contribution in [1.82, 2.24) is 0 Å². The van der Waals surface area contributed by atoms with E-state index in [1.165, 1.54) is 11.3 Å².